The van der Waals surface area contributed by atoms with Crippen LogP contribution in [-0.2, 0) is 4.74 Å². The molecule has 2 heterocycles. The zero-order chi connectivity index (χ0) is 18.8. The normalized spacial score (nSPS) is 30.0. The van der Waals surface area contributed by atoms with Gasteiger partial charge in [0.15, 0.2) is 0 Å². The van der Waals surface area contributed by atoms with Gasteiger partial charge in [-0.1, -0.05) is 11.6 Å². The molecule has 0 spiro atoms. The quantitative estimate of drug-likeness (QED) is 0.865. The third-order valence-electron chi connectivity index (χ3n) is 5.25. The van der Waals surface area contributed by atoms with Crippen LogP contribution in [0.4, 0.5) is 4.39 Å². The molecule has 2 aliphatic rings. The number of aliphatic hydroxyl groups is 1. The SMILES string of the molecule is C[C@@H]1CN(C[C@H]2CN(C(=O)c3ccc(F)cc3Cl)C[C@H]2CO)C[C@H](C)O1. The highest BCUT2D eigenvalue weighted by molar-refractivity contribution is 6.33. The maximum atomic E-state index is 13.2. The van der Waals surface area contributed by atoms with E-state index in [1.807, 2.05) is 0 Å². The molecule has 2 aliphatic heterocycles. The second-order valence-electron chi connectivity index (χ2n) is 7.51. The van der Waals surface area contributed by atoms with E-state index in [-0.39, 0.29) is 41.6 Å². The number of benzene rings is 1. The van der Waals surface area contributed by atoms with Gasteiger partial charge in [0, 0.05) is 45.2 Å². The molecule has 4 atom stereocenters. The van der Waals surface area contributed by atoms with Crippen molar-refractivity contribution in [2.24, 2.45) is 11.8 Å². The topological polar surface area (TPSA) is 53.0 Å². The number of aliphatic hydroxyl groups excluding tert-OH is 1. The summed E-state index contributed by atoms with van der Waals surface area (Å²) in [6.07, 6.45) is 0.368. The van der Waals surface area contributed by atoms with Crippen molar-refractivity contribution in [1.82, 2.24) is 9.80 Å². The summed E-state index contributed by atoms with van der Waals surface area (Å²) in [6.45, 7) is 7.76. The van der Waals surface area contributed by atoms with Crippen LogP contribution < -0.4 is 0 Å². The molecule has 1 aromatic carbocycles. The third-order valence-corrected chi connectivity index (χ3v) is 5.56. The Labute approximate surface area is 158 Å². The molecule has 26 heavy (non-hydrogen) atoms. The van der Waals surface area contributed by atoms with Crippen LogP contribution in [0.2, 0.25) is 5.02 Å². The van der Waals surface area contributed by atoms with Crippen LogP contribution in [0.15, 0.2) is 18.2 Å². The van der Waals surface area contributed by atoms with E-state index in [1.54, 1.807) is 4.90 Å². The van der Waals surface area contributed by atoms with Crippen molar-refractivity contribution >= 4 is 17.5 Å². The molecule has 2 fully saturated rings. The van der Waals surface area contributed by atoms with Crippen molar-refractivity contribution in [1.29, 1.82) is 0 Å². The summed E-state index contributed by atoms with van der Waals surface area (Å²) >= 11 is 6.04. The van der Waals surface area contributed by atoms with Gasteiger partial charge in [-0.25, -0.2) is 4.39 Å². The number of halogens is 2. The predicted octanol–water partition coefficient (Wildman–Crippen LogP) is 2.27. The van der Waals surface area contributed by atoms with Gasteiger partial charge in [-0.15, -0.1) is 0 Å². The first-order valence-corrected chi connectivity index (χ1v) is 9.48. The number of rotatable bonds is 4. The number of likely N-dealkylation sites (tertiary alicyclic amines) is 1. The second kappa shape index (κ2) is 8.21. The molecule has 1 N–H and O–H groups in total. The fraction of sp³-hybridized carbons (Fsp3) is 0.632. The van der Waals surface area contributed by atoms with Crippen LogP contribution in [-0.4, -0.2) is 72.4 Å². The number of nitrogens with zero attached hydrogens (tertiary/aromatic N) is 2. The summed E-state index contributed by atoms with van der Waals surface area (Å²) in [4.78, 5) is 16.9. The summed E-state index contributed by atoms with van der Waals surface area (Å²) in [5.41, 5.74) is 0.305. The van der Waals surface area contributed by atoms with Gasteiger partial charge in [0.05, 0.1) is 22.8 Å². The second-order valence-corrected chi connectivity index (χ2v) is 7.92. The van der Waals surface area contributed by atoms with Gasteiger partial charge in [-0.3, -0.25) is 9.69 Å². The average molecular weight is 385 g/mol. The molecule has 0 unspecified atom stereocenters. The third kappa shape index (κ3) is 4.36. The number of carbonyl (C=O) groups excluding carboxylic acids is 1. The Morgan fingerprint density at radius 1 is 1.23 bits per heavy atom. The van der Waals surface area contributed by atoms with Crippen molar-refractivity contribution in [3.63, 3.8) is 0 Å². The number of morpholine rings is 1. The van der Waals surface area contributed by atoms with E-state index in [4.69, 9.17) is 16.3 Å². The molecule has 1 amide bonds. The van der Waals surface area contributed by atoms with Gasteiger partial charge in [-0.05, 0) is 38.0 Å². The zero-order valence-electron chi connectivity index (χ0n) is 15.2. The maximum absolute atomic E-state index is 13.2. The zero-order valence-corrected chi connectivity index (χ0v) is 16.0. The van der Waals surface area contributed by atoms with Crippen molar-refractivity contribution in [2.75, 3.05) is 39.3 Å². The molecule has 0 aromatic heterocycles. The molecular weight excluding hydrogens is 359 g/mol. The smallest absolute Gasteiger partial charge is 0.255 e. The summed E-state index contributed by atoms with van der Waals surface area (Å²) in [7, 11) is 0. The van der Waals surface area contributed by atoms with Gasteiger partial charge >= 0.3 is 0 Å². The van der Waals surface area contributed by atoms with E-state index in [0.29, 0.717) is 18.7 Å². The number of amides is 1. The molecule has 0 aliphatic carbocycles. The molecule has 3 rings (SSSR count). The first-order chi connectivity index (χ1) is 12.4. The molecule has 0 saturated carbocycles. The molecule has 7 heteroatoms. The van der Waals surface area contributed by atoms with Crippen molar-refractivity contribution in [3.05, 3.63) is 34.6 Å². The molecule has 0 bridgehead atoms. The number of hydrogen-bond donors (Lipinski definition) is 1. The van der Waals surface area contributed by atoms with Crippen molar-refractivity contribution < 1.29 is 19.0 Å². The molecule has 0 radical (unpaired) electrons. The number of ether oxygens (including phenoxy) is 1. The Balaban J connectivity index is 1.67. The van der Waals surface area contributed by atoms with Crippen LogP contribution in [0.5, 0.6) is 0 Å². The van der Waals surface area contributed by atoms with Gasteiger partial charge in [0.1, 0.15) is 5.82 Å². The largest absolute Gasteiger partial charge is 0.396 e. The lowest BCUT2D eigenvalue weighted by Crippen LogP contribution is -2.48. The lowest BCUT2D eigenvalue weighted by Gasteiger charge is -2.37. The Hall–Kier alpha value is -1.21. The first kappa shape index (κ1) is 19.5. The Morgan fingerprint density at radius 3 is 2.50 bits per heavy atom. The summed E-state index contributed by atoms with van der Waals surface area (Å²) in [5.74, 6) is -0.443. The van der Waals surface area contributed by atoms with E-state index in [0.717, 1.165) is 25.7 Å². The van der Waals surface area contributed by atoms with E-state index < -0.39 is 5.82 Å². The highest BCUT2D eigenvalue weighted by Crippen LogP contribution is 2.28. The van der Waals surface area contributed by atoms with Gasteiger partial charge < -0.3 is 14.7 Å². The van der Waals surface area contributed by atoms with Gasteiger partial charge in [0.2, 0.25) is 0 Å². The Morgan fingerprint density at radius 2 is 1.88 bits per heavy atom. The van der Waals surface area contributed by atoms with Crippen molar-refractivity contribution in [3.8, 4) is 0 Å². The molecule has 144 valence electrons. The number of carbonyl (C=O) groups is 1. The first-order valence-electron chi connectivity index (χ1n) is 9.10. The van der Waals surface area contributed by atoms with Crippen LogP contribution in [0.1, 0.15) is 24.2 Å². The summed E-state index contributed by atoms with van der Waals surface area (Å²) in [5, 5.41) is 9.89. The van der Waals surface area contributed by atoms with Crippen LogP contribution in [0, 0.1) is 17.7 Å². The molecule has 5 nitrogen and oxygen atoms in total. The molecule has 1 aromatic rings. The van der Waals surface area contributed by atoms with Gasteiger partial charge in [-0.2, -0.15) is 0 Å². The van der Waals surface area contributed by atoms with Crippen molar-refractivity contribution in [2.45, 2.75) is 26.1 Å². The van der Waals surface area contributed by atoms with Crippen LogP contribution in [0.3, 0.4) is 0 Å². The predicted molar refractivity (Wildman–Crippen MR) is 97.8 cm³/mol. The Kier molecular flexibility index (Phi) is 6.17. The summed E-state index contributed by atoms with van der Waals surface area (Å²) < 4.78 is 19.0. The average Bonchev–Trinajstić information content (AvgIpc) is 2.96. The van der Waals surface area contributed by atoms with E-state index in [2.05, 4.69) is 18.7 Å². The minimum atomic E-state index is -0.463. The molecular formula is C19H26ClFN2O3. The monoisotopic (exact) mass is 384 g/mol. The summed E-state index contributed by atoms with van der Waals surface area (Å²) in [6, 6.07) is 3.82. The molecule has 2 saturated heterocycles. The fourth-order valence-corrected chi connectivity index (χ4v) is 4.36. The van der Waals surface area contributed by atoms with E-state index >= 15 is 0 Å². The van der Waals surface area contributed by atoms with Crippen LogP contribution >= 0.6 is 11.6 Å². The standard InChI is InChI=1S/C19H26ClFN2O3/c1-12-6-22(7-13(2)26-12)8-14-9-23(10-15(14)11-24)19(25)17-4-3-16(21)5-18(17)20/h3-5,12-15,24H,6-11H2,1-2H3/t12-,13+,14-,15-/m0/s1. The lowest BCUT2D eigenvalue weighted by atomic mass is 9.96. The van der Waals surface area contributed by atoms with E-state index in [9.17, 15) is 14.3 Å². The number of hydrogen-bond acceptors (Lipinski definition) is 4. The minimum absolute atomic E-state index is 0.0339. The fourth-order valence-electron chi connectivity index (χ4n) is 4.12. The van der Waals surface area contributed by atoms with E-state index in [1.165, 1.54) is 12.1 Å². The maximum Gasteiger partial charge on any atom is 0.255 e. The highest BCUT2D eigenvalue weighted by Gasteiger charge is 2.37. The van der Waals surface area contributed by atoms with Crippen LogP contribution in [0.25, 0.3) is 0 Å². The minimum Gasteiger partial charge on any atom is -0.396 e. The van der Waals surface area contributed by atoms with Gasteiger partial charge in [0.25, 0.3) is 5.91 Å². The Bertz CT molecular complexity index is 650. The lowest BCUT2D eigenvalue weighted by molar-refractivity contribution is -0.0726. The highest BCUT2D eigenvalue weighted by atomic mass is 35.5.